The molecule has 0 saturated heterocycles. The van der Waals surface area contributed by atoms with E-state index in [0.717, 1.165) is 62.1 Å². The fraction of sp³-hybridized carbons (Fsp3) is 0. The smallest absolute Gasteiger partial charge is 0.168 e. The predicted octanol–water partition coefficient (Wildman–Crippen LogP) is 11.7. The molecule has 0 atom stereocenters. The van der Waals surface area contributed by atoms with Crippen molar-refractivity contribution >= 4 is 49.8 Å². The molecule has 3 aromatic heterocycles. The highest BCUT2D eigenvalue weighted by Crippen LogP contribution is 2.38. The van der Waals surface area contributed by atoms with Crippen molar-refractivity contribution in [3.8, 4) is 34.2 Å². The van der Waals surface area contributed by atoms with Crippen molar-refractivity contribution in [2.45, 2.75) is 0 Å². The van der Waals surface area contributed by atoms with Gasteiger partial charge in [0.1, 0.15) is 0 Å². The first-order chi connectivity index (χ1) is 26.3. The predicted molar refractivity (Wildman–Crippen MR) is 217 cm³/mol. The number of para-hydroxylation sites is 4. The van der Waals surface area contributed by atoms with Crippen LogP contribution in [0.4, 0.5) is 17.1 Å². The van der Waals surface area contributed by atoms with E-state index in [1.165, 1.54) is 21.8 Å². The molecule has 0 aliphatic carbocycles. The van der Waals surface area contributed by atoms with Gasteiger partial charge >= 0.3 is 0 Å². The number of hydrogen-bond donors (Lipinski definition) is 0. The quantitative estimate of drug-likeness (QED) is 0.168. The molecule has 0 aliphatic rings. The van der Waals surface area contributed by atoms with E-state index in [0.29, 0.717) is 0 Å². The van der Waals surface area contributed by atoms with Crippen molar-refractivity contribution in [2.75, 3.05) is 4.90 Å². The molecule has 6 heteroatoms. The molecule has 0 unspecified atom stereocenters. The minimum absolute atomic E-state index is 0.761. The van der Waals surface area contributed by atoms with Crippen molar-refractivity contribution in [3.63, 3.8) is 0 Å². The molecular formula is C47H32N6. The van der Waals surface area contributed by atoms with Gasteiger partial charge < -0.3 is 9.47 Å². The SMILES string of the molecule is c1ccc(N(c2ccc(-c3nnc(-c4ccc5cccnc5c4)n3-c3ccccc3)cc2)c2ccc(-n3c4ccccc4c4ccccc43)cc2)cc1. The maximum Gasteiger partial charge on any atom is 0.168 e. The summed E-state index contributed by atoms with van der Waals surface area (Å²) in [4.78, 5) is 6.88. The zero-order chi connectivity index (χ0) is 35.1. The topological polar surface area (TPSA) is 51.8 Å². The summed E-state index contributed by atoms with van der Waals surface area (Å²) >= 11 is 0. The van der Waals surface area contributed by atoms with Crippen LogP contribution in [0, 0.1) is 0 Å². The molecule has 0 spiro atoms. The van der Waals surface area contributed by atoms with Crippen LogP contribution in [-0.2, 0) is 0 Å². The molecule has 0 aliphatic heterocycles. The molecule has 0 bridgehead atoms. The molecule has 53 heavy (non-hydrogen) atoms. The minimum Gasteiger partial charge on any atom is -0.311 e. The van der Waals surface area contributed by atoms with Crippen LogP contribution in [0.5, 0.6) is 0 Å². The Morgan fingerprint density at radius 2 is 0.925 bits per heavy atom. The summed E-state index contributed by atoms with van der Waals surface area (Å²) in [7, 11) is 0. The van der Waals surface area contributed by atoms with Gasteiger partial charge in [-0.15, -0.1) is 10.2 Å². The number of rotatable bonds is 7. The standard InChI is InChI=1S/C47H32N6/c1-3-13-36(14-4-1)51(39-27-29-40(30-28-39)52-44-19-9-7-17-41(44)42-18-8-10-20-45(42)52)38-25-23-34(24-26-38)46-49-50-47(53(46)37-15-5-2-6-16-37)35-22-21-33-12-11-31-48-43(33)32-35/h1-32H. The highest BCUT2D eigenvalue weighted by molar-refractivity contribution is 6.09. The number of hydrogen-bond acceptors (Lipinski definition) is 4. The van der Waals surface area contributed by atoms with Gasteiger partial charge in [0.25, 0.3) is 0 Å². The summed E-state index contributed by atoms with van der Waals surface area (Å²) in [5.74, 6) is 1.53. The largest absolute Gasteiger partial charge is 0.311 e. The Morgan fingerprint density at radius 3 is 1.60 bits per heavy atom. The third-order valence-corrected chi connectivity index (χ3v) is 9.89. The summed E-state index contributed by atoms with van der Waals surface area (Å²) in [6.07, 6.45) is 1.82. The Kier molecular flexibility index (Phi) is 7.36. The zero-order valence-electron chi connectivity index (χ0n) is 28.7. The molecule has 7 aromatic carbocycles. The molecule has 0 saturated carbocycles. The van der Waals surface area contributed by atoms with E-state index >= 15 is 0 Å². The van der Waals surface area contributed by atoms with E-state index in [9.17, 15) is 0 Å². The zero-order valence-corrected chi connectivity index (χ0v) is 28.7. The Hall–Kier alpha value is -7.31. The van der Waals surface area contributed by atoms with Crippen LogP contribution in [0.1, 0.15) is 0 Å². The van der Waals surface area contributed by atoms with Crippen molar-refractivity contribution in [2.24, 2.45) is 0 Å². The molecule has 10 rings (SSSR count). The van der Waals surface area contributed by atoms with Gasteiger partial charge in [-0.1, -0.05) is 91.0 Å². The minimum atomic E-state index is 0.761. The highest BCUT2D eigenvalue weighted by atomic mass is 15.3. The van der Waals surface area contributed by atoms with E-state index in [2.05, 4.69) is 183 Å². The van der Waals surface area contributed by atoms with Crippen molar-refractivity contribution in [1.82, 2.24) is 24.3 Å². The Morgan fingerprint density at radius 1 is 0.396 bits per heavy atom. The van der Waals surface area contributed by atoms with Crippen LogP contribution in [0.2, 0.25) is 0 Å². The van der Waals surface area contributed by atoms with Gasteiger partial charge in [-0.2, -0.15) is 0 Å². The number of anilines is 3. The van der Waals surface area contributed by atoms with Gasteiger partial charge in [-0.3, -0.25) is 9.55 Å². The van der Waals surface area contributed by atoms with E-state index < -0.39 is 0 Å². The lowest BCUT2D eigenvalue weighted by atomic mass is 10.1. The fourth-order valence-corrected chi connectivity index (χ4v) is 7.42. The number of benzene rings is 7. The third-order valence-electron chi connectivity index (χ3n) is 9.89. The van der Waals surface area contributed by atoms with Gasteiger partial charge in [0.15, 0.2) is 11.6 Å². The van der Waals surface area contributed by atoms with Gasteiger partial charge in [0, 0.05) is 61.9 Å². The Labute approximate surface area is 306 Å². The second-order valence-corrected chi connectivity index (χ2v) is 13.0. The van der Waals surface area contributed by atoms with Crippen molar-refractivity contribution < 1.29 is 0 Å². The molecule has 0 radical (unpaired) electrons. The molecule has 10 aromatic rings. The van der Waals surface area contributed by atoms with E-state index in [1.54, 1.807) is 0 Å². The maximum atomic E-state index is 4.76. The molecule has 6 nitrogen and oxygen atoms in total. The summed E-state index contributed by atoms with van der Waals surface area (Å²) < 4.78 is 4.48. The Balaban J connectivity index is 1.05. The van der Waals surface area contributed by atoms with E-state index in [1.807, 2.05) is 30.5 Å². The van der Waals surface area contributed by atoms with Gasteiger partial charge in [0.2, 0.25) is 0 Å². The highest BCUT2D eigenvalue weighted by Gasteiger charge is 2.20. The van der Waals surface area contributed by atoms with Gasteiger partial charge in [0.05, 0.1) is 16.6 Å². The van der Waals surface area contributed by atoms with Crippen LogP contribution < -0.4 is 4.90 Å². The second-order valence-electron chi connectivity index (χ2n) is 13.0. The number of aromatic nitrogens is 5. The summed E-state index contributed by atoms with van der Waals surface area (Å²) in [5.41, 5.74) is 10.5. The molecule has 0 fully saturated rings. The van der Waals surface area contributed by atoms with Gasteiger partial charge in [-0.05, 0) is 97.1 Å². The Bertz CT molecular complexity index is 2820. The third kappa shape index (κ3) is 5.32. The fourth-order valence-electron chi connectivity index (χ4n) is 7.42. The summed E-state index contributed by atoms with van der Waals surface area (Å²) in [6, 6.07) is 65.7. The molecule has 250 valence electrons. The first-order valence-electron chi connectivity index (χ1n) is 17.7. The number of fused-ring (bicyclic) bond motifs is 4. The second kappa shape index (κ2) is 12.8. The van der Waals surface area contributed by atoms with Crippen molar-refractivity contribution in [3.05, 3.63) is 194 Å². The van der Waals surface area contributed by atoms with Crippen LogP contribution in [0.3, 0.4) is 0 Å². The summed E-state index contributed by atoms with van der Waals surface area (Å²) in [5, 5.41) is 13.1. The van der Waals surface area contributed by atoms with Crippen LogP contribution >= 0.6 is 0 Å². The van der Waals surface area contributed by atoms with Crippen molar-refractivity contribution in [1.29, 1.82) is 0 Å². The summed E-state index contributed by atoms with van der Waals surface area (Å²) in [6.45, 7) is 0. The van der Waals surface area contributed by atoms with Crippen LogP contribution in [0.15, 0.2) is 194 Å². The van der Waals surface area contributed by atoms with Crippen LogP contribution in [0.25, 0.3) is 66.9 Å². The monoisotopic (exact) mass is 680 g/mol. The molecule has 0 amide bonds. The average Bonchev–Trinajstić information content (AvgIpc) is 3.83. The lowest BCUT2D eigenvalue weighted by Gasteiger charge is -2.26. The van der Waals surface area contributed by atoms with E-state index in [-0.39, 0.29) is 0 Å². The first-order valence-corrected chi connectivity index (χ1v) is 17.7. The average molecular weight is 681 g/mol. The maximum absolute atomic E-state index is 4.76. The molecule has 0 N–H and O–H groups in total. The van der Waals surface area contributed by atoms with Crippen LogP contribution in [-0.4, -0.2) is 24.3 Å². The lowest BCUT2D eigenvalue weighted by molar-refractivity contribution is 1.07. The normalized spacial score (nSPS) is 11.4. The number of pyridine rings is 1. The first kappa shape index (κ1) is 30.5. The van der Waals surface area contributed by atoms with E-state index in [4.69, 9.17) is 10.2 Å². The molecular weight excluding hydrogens is 649 g/mol. The lowest BCUT2D eigenvalue weighted by Crippen LogP contribution is -2.10. The molecule has 3 heterocycles. The van der Waals surface area contributed by atoms with Gasteiger partial charge in [-0.25, -0.2) is 0 Å². The number of nitrogens with zero attached hydrogens (tertiary/aromatic N) is 6.